The molecule has 1 aromatic heterocycles. The highest BCUT2D eigenvalue weighted by Crippen LogP contribution is 2.20. The van der Waals surface area contributed by atoms with Crippen molar-refractivity contribution < 1.29 is 9.90 Å². The summed E-state index contributed by atoms with van der Waals surface area (Å²) in [7, 11) is 0. The van der Waals surface area contributed by atoms with Gasteiger partial charge in [0.05, 0.1) is 13.2 Å². The second-order valence-electron chi connectivity index (χ2n) is 4.03. The van der Waals surface area contributed by atoms with Gasteiger partial charge in [0.2, 0.25) is 16.2 Å². The maximum Gasteiger partial charge on any atom is 0.240 e. The molecule has 0 aliphatic carbocycles. The van der Waals surface area contributed by atoms with Gasteiger partial charge in [0, 0.05) is 30.4 Å². The van der Waals surface area contributed by atoms with Gasteiger partial charge in [-0.15, -0.1) is 6.58 Å². The van der Waals surface area contributed by atoms with E-state index in [2.05, 4.69) is 28.2 Å². The van der Waals surface area contributed by atoms with Crippen LogP contribution in [0.25, 0.3) is 0 Å². The van der Waals surface area contributed by atoms with E-state index in [1.165, 1.54) is 11.5 Å². The van der Waals surface area contributed by atoms with Gasteiger partial charge in [-0.1, -0.05) is 24.8 Å². The minimum absolute atomic E-state index is 0.0116. The Balaban J connectivity index is 2.44. The molecule has 0 unspecified atom stereocenters. The van der Waals surface area contributed by atoms with Crippen molar-refractivity contribution in [1.82, 2.24) is 14.3 Å². The summed E-state index contributed by atoms with van der Waals surface area (Å²) in [6.45, 7) is 6.93. The zero-order valence-electron chi connectivity index (χ0n) is 11.5. The molecule has 0 spiro atoms. The first-order chi connectivity index (χ1) is 9.69. The molecule has 6 nitrogen and oxygen atoms in total. The van der Waals surface area contributed by atoms with E-state index in [0.29, 0.717) is 23.4 Å². The molecule has 1 aromatic rings. The second-order valence-corrected chi connectivity index (χ2v) is 5.84. The number of aliphatic hydroxyl groups excluding tert-OH is 1. The maximum absolute atomic E-state index is 11.9. The number of aromatic nitrogens is 2. The van der Waals surface area contributed by atoms with E-state index in [1.807, 2.05) is 0 Å². The first kappa shape index (κ1) is 17.1. The van der Waals surface area contributed by atoms with Crippen molar-refractivity contribution in [3.8, 4) is 0 Å². The highest BCUT2D eigenvalue weighted by Gasteiger charge is 2.12. The Kier molecular flexibility index (Phi) is 8.43. The van der Waals surface area contributed by atoms with Crippen molar-refractivity contribution in [1.29, 1.82) is 0 Å². The lowest BCUT2D eigenvalue weighted by atomic mass is 10.4. The number of rotatable bonds is 10. The van der Waals surface area contributed by atoms with Crippen LogP contribution in [-0.2, 0) is 4.79 Å². The van der Waals surface area contributed by atoms with Gasteiger partial charge in [0.15, 0.2) is 0 Å². The van der Waals surface area contributed by atoms with Gasteiger partial charge in [0.1, 0.15) is 0 Å². The van der Waals surface area contributed by atoms with Crippen molar-refractivity contribution in [3.63, 3.8) is 0 Å². The van der Waals surface area contributed by atoms with Crippen LogP contribution in [0.5, 0.6) is 0 Å². The van der Waals surface area contributed by atoms with Gasteiger partial charge in [-0.25, -0.2) is 0 Å². The van der Waals surface area contributed by atoms with E-state index < -0.39 is 0 Å². The average molecular weight is 316 g/mol. The largest absolute Gasteiger partial charge is 0.395 e. The van der Waals surface area contributed by atoms with Crippen molar-refractivity contribution in [2.45, 2.75) is 18.5 Å². The number of hydrogen-bond acceptors (Lipinski definition) is 7. The van der Waals surface area contributed by atoms with Crippen LogP contribution in [0.1, 0.15) is 13.3 Å². The zero-order chi connectivity index (χ0) is 14.8. The topological polar surface area (TPSA) is 78.4 Å². The van der Waals surface area contributed by atoms with Crippen molar-refractivity contribution in [3.05, 3.63) is 12.7 Å². The monoisotopic (exact) mass is 316 g/mol. The SMILES string of the molecule is C=CCN(CCO)CC(=O)Nc1nc(SCCC)ns1. The van der Waals surface area contributed by atoms with Crippen LogP contribution in [-0.4, -0.2) is 57.3 Å². The van der Waals surface area contributed by atoms with E-state index in [4.69, 9.17) is 5.11 Å². The Morgan fingerprint density at radius 2 is 2.45 bits per heavy atom. The fourth-order valence-electron chi connectivity index (χ4n) is 1.43. The van der Waals surface area contributed by atoms with Gasteiger partial charge in [-0.05, 0) is 6.42 Å². The third-order valence-electron chi connectivity index (χ3n) is 2.26. The van der Waals surface area contributed by atoms with Crippen LogP contribution >= 0.6 is 23.3 Å². The van der Waals surface area contributed by atoms with Crippen molar-refractivity contribution >= 4 is 34.3 Å². The van der Waals surface area contributed by atoms with E-state index >= 15 is 0 Å². The Morgan fingerprint density at radius 1 is 1.65 bits per heavy atom. The molecule has 0 atom stereocenters. The summed E-state index contributed by atoms with van der Waals surface area (Å²) in [6.07, 6.45) is 2.76. The predicted octanol–water partition coefficient (Wildman–Crippen LogP) is 1.46. The highest BCUT2D eigenvalue weighted by atomic mass is 32.2. The lowest BCUT2D eigenvalue weighted by molar-refractivity contribution is -0.117. The molecule has 1 heterocycles. The van der Waals surface area contributed by atoms with Crippen molar-refractivity contribution in [2.75, 3.05) is 37.3 Å². The van der Waals surface area contributed by atoms with Crippen LogP contribution in [0.4, 0.5) is 5.13 Å². The molecule has 0 saturated heterocycles. The second kappa shape index (κ2) is 9.87. The van der Waals surface area contributed by atoms with Crippen LogP contribution in [0.15, 0.2) is 17.8 Å². The molecule has 8 heteroatoms. The first-order valence-electron chi connectivity index (χ1n) is 6.40. The Bertz CT molecular complexity index is 425. The molecule has 0 aliphatic heterocycles. The Morgan fingerprint density at radius 3 is 3.10 bits per heavy atom. The molecule has 0 bridgehead atoms. The zero-order valence-corrected chi connectivity index (χ0v) is 13.2. The van der Waals surface area contributed by atoms with Gasteiger partial charge in [-0.2, -0.15) is 9.36 Å². The van der Waals surface area contributed by atoms with Gasteiger partial charge in [-0.3, -0.25) is 15.0 Å². The van der Waals surface area contributed by atoms with E-state index in [9.17, 15) is 4.79 Å². The number of amides is 1. The Hall–Kier alpha value is -0.960. The van der Waals surface area contributed by atoms with Crippen LogP contribution in [0.3, 0.4) is 0 Å². The van der Waals surface area contributed by atoms with E-state index in [-0.39, 0.29) is 19.1 Å². The summed E-state index contributed by atoms with van der Waals surface area (Å²) in [5.41, 5.74) is 0. The molecule has 0 fully saturated rings. The first-order valence-corrected chi connectivity index (χ1v) is 8.16. The van der Waals surface area contributed by atoms with Gasteiger partial charge < -0.3 is 5.11 Å². The number of nitrogens with zero attached hydrogens (tertiary/aromatic N) is 3. The maximum atomic E-state index is 11.9. The van der Waals surface area contributed by atoms with Crippen LogP contribution < -0.4 is 5.32 Å². The molecular formula is C12H20N4O2S2. The third kappa shape index (κ3) is 6.47. The predicted molar refractivity (Wildman–Crippen MR) is 83.3 cm³/mol. The summed E-state index contributed by atoms with van der Waals surface area (Å²) in [5, 5.41) is 12.9. The lowest BCUT2D eigenvalue weighted by Crippen LogP contribution is -2.35. The number of carbonyl (C=O) groups is 1. The number of nitrogens with one attached hydrogen (secondary N) is 1. The fraction of sp³-hybridized carbons (Fsp3) is 0.583. The number of carbonyl (C=O) groups excluding carboxylic acids is 1. The number of anilines is 1. The summed E-state index contributed by atoms with van der Waals surface area (Å²) >= 11 is 2.76. The Labute approximate surface area is 127 Å². The third-order valence-corrected chi connectivity index (χ3v) is 4.06. The summed E-state index contributed by atoms with van der Waals surface area (Å²) in [5.74, 6) is 0.803. The highest BCUT2D eigenvalue weighted by molar-refractivity contribution is 7.99. The molecule has 0 aliphatic rings. The minimum Gasteiger partial charge on any atom is -0.395 e. The van der Waals surface area contributed by atoms with E-state index in [0.717, 1.165) is 12.2 Å². The van der Waals surface area contributed by atoms with Crippen LogP contribution in [0, 0.1) is 0 Å². The molecule has 2 N–H and O–H groups in total. The molecule has 0 aromatic carbocycles. The molecule has 112 valence electrons. The van der Waals surface area contributed by atoms with Gasteiger partial charge >= 0.3 is 0 Å². The normalized spacial score (nSPS) is 10.8. The number of aliphatic hydroxyl groups is 1. The smallest absolute Gasteiger partial charge is 0.240 e. The fourth-order valence-corrected chi connectivity index (χ4v) is 2.85. The minimum atomic E-state index is -0.163. The summed E-state index contributed by atoms with van der Waals surface area (Å²) in [4.78, 5) is 17.9. The average Bonchev–Trinajstić information content (AvgIpc) is 2.84. The molecule has 0 saturated carbocycles. The standard InChI is InChI=1S/C12H20N4O2S2/c1-3-5-16(6-7-17)9-10(18)13-11-14-12(15-20-11)19-8-4-2/h3,17H,1,4-9H2,2H3,(H,13,14,15,18). The summed E-state index contributed by atoms with van der Waals surface area (Å²) < 4.78 is 4.17. The molecule has 1 rings (SSSR count). The number of thioether (sulfide) groups is 1. The summed E-state index contributed by atoms with van der Waals surface area (Å²) in [6, 6.07) is 0. The van der Waals surface area contributed by atoms with Gasteiger partial charge in [0.25, 0.3) is 0 Å². The molecular weight excluding hydrogens is 296 g/mol. The number of hydrogen-bond donors (Lipinski definition) is 2. The van der Waals surface area contributed by atoms with E-state index in [1.54, 1.807) is 22.7 Å². The lowest BCUT2D eigenvalue weighted by Gasteiger charge is -2.17. The molecule has 1 amide bonds. The molecule has 20 heavy (non-hydrogen) atoms. The quantitative estimate of drug-likeness (QED) is 0.502. The molecule has 0 radical (unpaired) electrons. The van der Waals surface area contributed by atoms with Crippen molar-refractivity contribution in [2.24, 2.45) is 0 Å². The van der Waals surface area contributed by atoms with Crippen LogP contribution in [0.2, 0.25) is 0 Å².